The Morgan fingerprint density at radius 3 is 2.85 bits per heavy atom. The molecule has 2 heterocycles. The Balaban J connectivity index is 2.35. The van der Waals surface area contributed by atoms with Crippen LogP contribution in [0.15, 0.2) is 34.9 Å². The molecule has 0 atom stereocenters. The fourth-order valence-corrected chi connectivity index (χ4v) is 2.56. The number of rotatable bonds is 2. The second-order valence-corrected chi connectivity index (χ2v) is 5.28. The number of fused-ring (bicyclic) bond motifs is 1. The maximum atomic E-state index is 6.06. The number of nitrogen functional groups attached to an aromatic ring is 1. The van der Waals surface area contributed by atoms with Crippen molar-refractivity contribution in [3.63, 3.8) is 0 Å². The lowest BCUT2D eigenvalue weighted by Gasteiger charge is -2.10. The molecule has 0 saturated heterocycles. The molecule has 6 heteroatoms. The van der Waals surface area contributed by atoms with Crippen LogP contribution < -0.4 is 10.5 Å². The molecule has 102 valence electrons. The highest BCUT2D eigenvalue weighted by molar-refractivity contribution is 9.10. The molecule has 0 radical (unpaired) electrons. The molecule has 0 fully saturated rings. The van der Waals surface area contributed by atoms with Gasteiger partial charge in [-0.05, 0) is 46.6 Å². The summed E-state index contributed by atoms with van der Waals surface area (Å²) in [5, 5.41) is 0. The molecule has 2 aromatic heterocycles. The zero-order chi connectivity index (χ0) is 14.3. The number of benzene rings is 1. The number of hydrogen-bond donors (Lipinski definition) is 1. The lowest BCUT2D eigenvalue weighted by atomic mass is 10.2. The van der Waals surface area contributed by atoms with Crippen molar-refractivity contribution in [1.29, 1.82) is 0 Å². The van der Waals surface area contributed by atoms with Gasteiger partial charge in [0.2, 0.25) is 5.95 Å². The van der Waals surface area contributed by atoms with Crippen LogP contribution in [0.1, 0.15) is 5.56 Å². The maximum absolute atomic E-state index is 6.06. The molecule has 0 spiro atoms. The second-order valence-electron chi connectivity index (χ2n) is 4.42. The molecular weight excluding hydrogens is 320 g/mol. The van der Waals surface area contributed by atoms with Gasteiger partial charge in [0.15, 0.2) is 5.65 Å². The van der Waals surface area contributed by atoms with Crippen molar-refractivity contribution in [2.75, 3.05) is 12.8 Å². The summed E-state index contributed by atoms with van der Waals surface area (Å²) in [6.45, 7) is 1.99. The van der Waals surface area contributed by atoms with Crippen LogP contribution in [0.4, 0.5) is 5.95 Å². The van der Waals surface area contributed by atoms with E-state index in [0.717, 1.165) is 32.6 Å². The van der Waals surface area contributed by atoms with Crippen LogP contribution in [0.2, 0.25) is 0 Å². The lowest BCUT2D eigenvalue weighted by Crippen LogP contribution is -2.02. The van der Waals surface area contributed by atoms with Gasteiger partial charge < -0.3 is 10.5 Å². The number of ether oxygens (including phenoxy) is 1. The first-order valence-corrected chi connectivity index (χ1v) is 6.84. The van der Waals surface area contributed by atoms with Crippen molar-refractivity contribution in [3.8, 4) is 11.4 Å². The number of pyridine rings is 1. The number of aryl methyl sites for hydroxylation is 1. The van der Waals surface area contributed by atoms with Crippen LogP contribution in [0.3, 0.4) is 0 Å². The monoisotopic (exact) mass is 332 g/mol. The number of hydrogen-bond acceptors (Lipinski definition) is 4. The average Bonchev–Trinajstić information content (AvgIpc) is 2.77. The van der Waals surface area contributed by atoms with Gasteiger partial charge in [-0.1, -0.05) is 0 Å². The van der Waals surface area contributed by atoms with Crippen molar-refractivity contribution >= 4 is 33.0 Å². The zero-order valence-electron chi connectivity index (χ0n) is 11.1. The number of halogens is 1. The van der Waals surface area contributed by atoms with E-state index in [9.17, 15) is 0 Å². The van der Waals surface area contributed by atoms with Crippen molar-refractivity contribution in [1.82, 2.24) is 14.5 Å². The molecule has 0 unspecified atom stereocenters. The smallest absolute Gasteiger partial charge is 0.207 e. The van der Waals surface area contributed by atoms with Crippen molar-refractivity contribution < 1.29 is 4.74 Å². The summed E-state index contributed by atoms with van der Waals surface area (Å²) in [5.74, 6) is 1.15. The summed E-state index contributed by atoms with van der Waals surface area (Å²) in [6, 6.07) is 7.60. The normalized spacial score (nSPS) is 10.9. The predicted octanol–water partition coefficient (Wildman–Crippen LogP) is 3.08. The van der Waals surface area contributed by atoms with E-state index in [-0.39, 0.29) is 0 Å². The second kappa shape index (κ2) is 4.79. The minimum absolute atomic E-state index is 0.399. The third-order valence-corrected chi connectivity index (χ3v) is 3.84. The van der Waals surface area contributed by atoms with E-state index in [1.54, 1.807) is 13.3 Å². The van der Waals surface area contributed by atoms with Gasteiger partial charge in [-0.15, -0.1) is 0 Å². The SMILES string of the molecule is COc1ccc(Br)c(-n2c(N)nc3c(C)ccnc32)c1. The lowest BCUT2D eigenvalue weighted by molar-refractivity contribution is 0.414. The molecule has 0 aliphatic rings. The number of nitrogens with zero attached hydrogens (tertiary/aromatic N) is 3. The zero-order valence-corrected chi connectivity index (χ0v) is 12.7. The van der Waals surface area contributed by atoms with Crippen molar-refractivity contribution in [2.24, 2.45) is 0 Å². The number of methoxy groups -OCH3 is 1. The topological polar surface area (TPSA) is 66.0 Å². The highest BCUT2D eigenvalue weighted by atomic mass is 79.9. The third kappa shape index (κ3) is 1.92. The van der Waals surface area contributed by atoms with E-state index in [4.69, 9.17) is 10.5 Å². The molecule has 3 aromatic rings. The van der Waals surface area contributed by atoms with E-state index in [1.807, 2.05) is 35.8 Å². The molecule has 3 rings (SSSR count). The molecule has 2 N–H and O–H groups in total. The van der Waals surface area contributed by atoms with Crippen molar-refractivity contribution in [2.45, 2.75) is 6.92 Å². The van der Waals surface area contributed by atoms with Gasteiger partial charge in [0.05, 0.1) is 12.8 Å². The van der Waals surface area contributed by atoms with Gasteiger partial charge in [-0.2, -0.15) is 0 Å². The Morgan fingerprint density at radius 2 is 2.10 bits per heavy atom. The Kier molecular flexibility index (Phi) is 3.10. The van der Waals surface area contributed by atoms with Gasteiger partial charge in [-0.25, -0.2) is 9.97 Å². The molecule has 0 amide bonds. The van der Waals surface area contributed by atoms with Gasteiger partial charge in [-0.3, -0.25) is 4.57 Å². The van der Waals surface area contributed by atoms with Gasteiger partial charge in [0.25, 0.3) is 0 Å². The third-order valence-electron chi connectivity index (χ3n) is 3.17. The summed E-state index contributed by atoms with van der Waals surface area (Å²) in [6.07, 6.45) is 1.75. The number of anilines is 1. The van der Waals surface area contributed by atoms with E-state index in [0.29, 0.717) is 5.95 Å². The van der Waals surface area contributed by atoms with Crippen LogP contribution in [0.5, 0.6) is 5.75 Å². The molecule has 0 saturated carbocycles. The molecule has 0 aliphatic carbocycles. The largest absolute Gasteiger partial charge is 0.497 e. The number of imidazole rings is 1. The Morgan fingerprint density at radius 1 is 1.30 bits per heavy atom. The van der Waals surface area contributed by atoms with Crippen LogP contribution in [-0.4, -0.2) is 21.6 Å². The van der Waals surface area contributed by atoms with Gasteiger partial charge in [0, 0.05) is 16.7 Å². The summed E-state index contributed by atoms with van der Waals surface area (Å²) in [4.78, 5) is 8.80. The van der Waals surface area contributed by atoms with E-state index in [2.05, 4.69) is 25.9 Å². The predicted molar refractivity (Wildman–Crippen MR) is 82.3 cm³/mol. The Labute approximate surface area is 124 Å². The van der Waals surface area contributed by atoms with E-state index >= 15 is 0 Å². The minimum atomic E-state index is 0.399. The molecule has 1 aromatic carbocycles. The fraction of sp³-hybridized carbons (Fsp3) is 0.143. The first-order valence-electron chi connectivity index (χ1n) is 6.05. The van der Waals surface area contributed by atoms with Crippen molar-refractivity contribution in [3.05, 3.63) is 40.5 Å². The van der Waals surface area contributed by atoms with E-state index < -0.39 is 0 Å². The summed E-state index contributed by atoms with van der Waals surface area (Å²) in [5.41, 5.74) is 9.49. The highest BCUT2D eigenvalue weighted by Gasteiger charge is 2.15. The molecule has 20 heavy (non-hydrogen) atoms. The average molecular weight is 333 g/mol. The summed E-state index contributed by atoms with van der Waals surface area (Å²) < 4.78 is 7.98. The molecule has 0 aliphatic heterocycles. The fourth-order valence-electron chi connectivity index (χ4n) is 2.14. The molecule has 5 nitrogen and oxygen atoms in total. The Bertz CT molecular complexity index is 797. The quantitative estimate of drug-likeness (QED) is 0.783. The van der Waals surface area contributed by atoms with Crippen LogP contribution in [0.25, 0.3) is 16.9 Å². The molecular formula is C14H13BrN4O. The summed E-state index contributed by atoms with van der Waals surface area (Å²) in [7, 11) is 1.63. The standard InChI is InChI=1S/C14H13BrN4O/c1-8-5-6-17-13-12(8)18-14(16)19(13)11-7-9(20-2)3-4-10(11)15/h3-7H,1-2H3,(H2,16,18). The molecule has 0 bridgehead atoms. The first kappa shape index (κ1) is 12.9. The Hall–Kier alpha value is -2.08. The van der Waals surface area contributed by atoms with E-state index in [1.165, 1.54) is 0 Å². The minimum Gasteiger partial charge on any atom is -0.497 e. The first-order chi connectivity index (χ1) is 9.61. The van der Waals surface area contributed by atoms with Crippen LogP contribution in [-0.2, 0) is 0 Å². The van der Waals surface area contributed by atoms with Crippen LogP contribution >= 0.6 is 15.9 Å². The summed E-state index contributed by atoms with van der Waals surface area (Å²) >= 11 is 3.53. The van der Waals surface area contributed by atoms with Gasteiger partial charge >= 0.3 is 0 Å². The van der Waals surface area contributed by atoms with Gasteiger partial charge in [0.1, 0.15) is 11.3 Å². The maximum Gasteiger partial charge on any atom is 0.207 e. The van der Waals surface area contributed by atoms with Crippen LogP contribution in [0, 0.1) is 6.92 Å². The number of aromatic nitrogens is 3. The highest BCUT2D eigenvalue weighted by Crippen LogP contribution is 2.31. The number of nitrogens with two attached hydrogens (primary N) is 1.